The average molecular weight is 337 g/mol. The van der Waals surface area contributed by atoms with Crippen molar-refractivity contribution in [2.75, 3.05) is 18.8 Å². The van der Waals surface area contributed by atoms with Crippen molar-refractivity contribution in [3.05, 3.63) is 52.7 Å². The normalized spacial score (nSPS) is 12.3. The molecule has 0 aliphatic carbocycles. The largest absolute Gasteiger partial charge is 0.370 e. The molecule has 0 bridgehead atoms. The van der Waals surface area contributed by atoms with E-state index < -0.39 is 9.84 Å². The highest BCUT2D eigenvalue weighted by Crippen LogP contribution is 2.10. The maximum Gasteiger partial charge on any atom is 0.188 e. The van der Waals surface area contributed by atoms with Crippen LogP contribution in [0.1, 0.15) is 4.88 Å². The summed E-state index contributed by atoms with van der Waals surface area (Å²) in [7, 11) is -3.30. The molecule has 0 aliphatic rings. The summed E-state index contributed by atoms with van der Waals surface area (Å²) >= 11 is 1.69. The molecular formula is C15H19N3O2S2. The van der Waals surface area contributed by atoms with Gasteiger partial charge in [0.1, 0.15) is 0 Å². The fourth-order valence-corrected chi connectivity index (χ4v) is 3.70. The van der Waals surface area contributed by atoms with Crippen LogP contribution < -0.4 is 11.1 Å². The zero-order valence-electron chi connectivity index (χ0n) is 12.1. The lowest BCUT2D eigenvalue weighted by molar-refractivity contribution is 0.596. The summed E-state index contributed by atoms with van der Waals surface area (Å²) in [6.07, 6.45) is 0.871. The average Bonchev–Trinajstić information content (AvgIpc) is 3.01. The Morgan fingerprint density at radius 2 is 1.95 bits per heavy atom. The topological polar surface area (TPSA) is 84.5 Å². The van der Waals surface area contributed by atoms with Crippen molar-refractivity contribution in [2.45, 2.75) is 11.3 Å². The number of nitrogens with two attached hydrogens (primary N) is 1. The predicted molar refractivity (Wildman–Crippen MR) is 91.0 cm³/mol. The molecule has 0 fully saturated rings. The number of hydrogen-bond donors (Lipinski definition) is 2. The summed E-state index contributed by atoms with van der Waals surface area (Å²) < 4.78 is 24.1. The minimum Gasteiger partial charge on any atom is -0.370 e. The van der Waals surface area contributed by atoms with E-state index in [2.05, 4.69) is 16.4 Å². The van der Waals surface area contributed by atoms with Crippen LogP contribution in [0.5, 0.6) is 0 Å². The van der Waals surface area contributed by atoms with Crippen LogP contribution >= 0.6 is 11.3 Å². The van der Waals surface area contributed by atoms with E-state index >= 15 is 0 Å². The monoisotopic (exact) mass is 337 g/mol. The van der Waals surface area contributed by atoms with Gasteiger partial charge in [-0.05, 0) is 30.0 Å². The predicted octanol–water partition coefficient (Wildman–Crippen LogP) is 1.67. The minimum atomic E-state index is -3.30. The fourth-order valence-electron chi connectivity index (χ4n) is 1.86. The van der Waals surface area contributed by atoms with Gasteiger partial charge in [-0.3, -0.25) is 4.99 Å². The molecule has 2 aromatic rings. The Kier molecular flexibility index (Phi) is 5.97. The number of guanidine groups is 1. The van der Waals surface area contributed by atoms with E-state index in [-0.39, 0.29) is 18.3 Å². The number of nitrogens with one attached hydrogen (secondary N) is 1. The van der Waals surface area contributed by atoms with Gasteiger partial charge < -0.3 is 11.1 Å². The van der Waals surface area contributed by atoms with Gasteiger partial charge in [0.25, 0.3) is 0 Å². The molecule has 0 saturated carbocycles. The summed E-state index contributed by atoms with van der Waals surface area (Å²) in [4.78, 5) is 5.65. The number of sulfone groups is 1. The van der Waals surface area contributed by atoms with E-state index in [1.807, 2.05) is 11.4 Å². The summed E-state index contributed by atoms with van der Waals surface area (Å²) in [6.45, 7) is 0.830. The van der Waals surface area contributed by atoms with Gasteiger partial charge in [-0.25, -0.2) is 8.42 Å². The van der Waals surface area contributed by atoms with Gasteiger partial charge in [0.05, 0.1) is 17.2 Å². The molecule has 1 aromatic heterocycles. The Morgan fingerprint density at radius 3 is 2.64 bits per heavy atom. The third-order valence-electron chi connectivity index (χ3n) is 3.00. The highest BCUT2D eigenvalue weighted by Gasteiger charge is 2.12. The number of benzene rings is 1. The Morgan fingerprint density at radius 1 is 1.18 bits per heavy atom. The van der Waals surface area contributed by atoms with Crippen molar-refractivity contribution in [3.63, 3.8) is 0 Å². The van der Waals surface area contributed by atoms with Crippen LogP contribution in [0.4, 0.5) is 0 Å². The van der Waals surface area contributed by atoms with Crippen LogP contribution in [0.25, 0.3) is 0 Å². The first-order valence-corrected chi connectivity index (χ1v) is 9.45. The maximum absolute atomic E-state index is 12.1. The highest BCUT2D eigenvalue weighted by molar-refractivity contribution is 7.91. The molecule has 1 heterocycles. The fraction of sp³-hybridized carbons (Fsp3) is 0.267. The van der Waals surface area contributed by atoms with E-state index in [0.717, 1.165) is 6.42 Å². The van der Waals surface area contributed by atoms with Crippen molar-refractivity contribution >= 4 is 27.1 Å². The molecule has 0 aliphatic heterocycles. The Labute approximate surface area is 134 Å². The van der Waals surface area contributed by atoms with E-state index in [9.17, 15) is 8.42 Å². The van der Waals surface area contributed by atoms with E-state index in [0.29, 0.717) is 11.4 Å². The lowest BCUT2D eigenvalue weighted by Crippen LogP contribution is -2.33. The standard InChI is InChI=1S/C15H19N3O2S2/c16-15(17-9-8-13-5-4-11-21-13)18-10-12-22(19,20)14-6-2-1-3-7-14/h1-7,11H,8-10,12H2,(H3,16,17,18). The first-order valence-electron chi connectivity index (χ1n) is 6.92. The first-order chi connectivity index (χ1) is 10.6. The van der Waals surface area contributed by atoms with Crippen molar-refractivity contribution in [1.29, 1.82) is 0 Å². The molecule has 0 spiro atoms. The lowest BCUT2D eigenvalue weighted by Gasteiger charge is -2.05. The van der Waals surface area contributed by atoms with Gasteiger partial charge in [-0.1, -0.05) is 24.3 Å². The second-order valence-corrected chi connectivity index (χ2v) is 7.80. The van der Waals surface area contributed by atoms with E-state index in [4.69, 9.17) is 5.73 Å². The number of nitrogens with zero attached hydrogens (tertiary/aromatic N) is 1. The second kappa shape index (κ2) is 7.95. The van der Waals surface area contributed by atoms with Crippen molar-refractivity contribution in [1.82, 2.24) is 5.32 Å². The highest BCUT2D eigenvalue weighted by atomic mass is 32.2. The van der Waals surface area contributed by atoms with Crippen molar-refractivity contribution in [2.24, 2.45) is 10.7 Å². The molecule has 7 heteroatoms. The molecular weight excluding hydrogens is 318 g/mol. The zero-order valence-corrected chi connectivity index (χ0v) is 13.7. The Hall–Kier alpha value is -1.86. The molecule has 22 heavy (non-hydrogen) atoms. The Bertz CT molecular complexity index is 696. The molecule has 118 valence electrons. The lowest BCUT2D eigenvalue weighted by atomic mass is 10.3. The van der Waals surface area contributed by atoms with Crippen molar-refractivity contribution in [3.8, 4) is 0 Å². The molecule has 0 atom stereocenters. The summed E-state index contributed by atoms with van der Waals surface area (Å²) in [5.41, 5.74) is 5.73. The third-order valence-corrected chi connectivity index (χ3v) is 5.65. The molecule has 5 nitrogen and oxygen atoms in total. The molecule has 1 aromatic carbocycles. The van der Waals surface area contributed by atoms with Gasteiger partial charge in [0.2, 0.25) is 0 Å². The summed E-state index contributed by atoms with van der Waals surface area (Å²) in [5.74, 6) is 0.226. The number of aliphatic imine (C=N–C) groups is 1. The van der Waals surface area contributed by atoms with Gasteiger partial charge in [0.15, 0.2) is 15.8 Å². The van der Waals surface area contributed by atoms with Crippen LogP contribution in [0, 0.1) is 0 Å². The van der Waals surface area contributed by atoms with Gasteiger partial charge in [0, 0.05) is 11.4 Å². The smallest absolute Gasteiger partial charge is 0.188 e. The van der Waals surface area contributed by atoms with Crippen LogP contribution in [0.3, 0.4) is 0 Å². The van der Waals surface area contributed by atoms with Crippen LogP contribution in [0.2, 0.25) is 0 Å². The molecule has 0 unspecified atom stereocenters. The molecule has 0 radical (unpaired) electrons. The van der Waals surface area contributed by atoms with E-state index in [1.165, 1.54) is 4.88 Å². The molecule has 2 rings (SSSR count). The second-order valence-electron chi connectivity index (χ2n) is 4.66. The molecule has 3 N–H and O–H groups in total. The molecule has 0 saturated heterocycles. The van der Waals surface area contributed by atoms with Gasteiger partial charge in [-0.2, -0.15) is 0 Å². The summed E-state index contributed by atoms with van der Waals surface area (Å²) in [6, 6.07) is 12.4. The van der Waals surface area contributed by atoms with Crippen LogP contribution in [0.15, 0.2) is 57.7 Å². The summed E-state index contributed by atoms with van der Waals surface area (Å²) in [5, 5.41) is 5.02. The first kappa shape index (κ1) is 16.5. The van der Waals surface area contributed by atoms with Gasteiger partial charge in [-0.15, -0.1) is 11.3 Å². The van der Waals surface area contributed by atoms with Crippen LogP contribution in [-0.4, -0.2) is 33.2 Å². The van der Waals surface area contributed by atoms with Gasteiger partial charge >= 0.3 is 0 Å². The Balaban J connectivity index is 1.76. The van der Waals surface area contributed by atoms with E-state index in [1.54, 1.807) is 41.7 Å². The minimum absolute atomic E-state index is 0.0513. The zero-order chi connectivity index (χ0) is 15.8. The number of hydrogen-bond acceptors (Lipinski definition) is 4. The third kappa shape index (κ3) is 5.16. The van der Waals surface area contributed by atoms with Crippen LogP contribution in [-0.2, 0) is 16.3 Å². The number of thiophene rings is 1. The van der Waals surface area contributed by atoms with Crippen molar-refractivity contribution < 1.29 is 8.42 Å². The quantitative estimate of drug-likeness (QED) is 0.594. The SMILES string of the molecule is NC(=NCCS(=O)(=O)c1ccccc1)NCCc1cccs1. The number of rotatable bonds is 7. The maximum atomic E-state index is 12.1. The molecule has 0 amide bonds.